The minimum atomic E-state index is -0.356. The first-order valence-corrected chi connectivity index (χ1v) is 12.9. The van der Waals surface area contributed by atoms with Gasteiger partial charge in [0.25, 0.3) is 5.69 Å². The molecule has 7 heteroatoms. The SMILES string of the molecule is Cc1ccc(Sc2ccc(/C=N/c3sc4c(c3C#N)CCC(C(C)(C)C)C4)cc2[N+](=O)[O-])cc1. The maximum Gasteiger partial charge on any atom is 0.283 e. The molecule has 34 heavy (non-hydrogen) atoms. The molecule has 1 aromatic heterocycles. The third-order valence-electron chi connectivity index (χ3n) is 6.34. The van der Waals surface area contributed by atoms with Crippen molar-refractivity contribution in [2.24, 2.45) is 16.3 Å². The van der Waals surface area contributed by atoms with Crippen LogP contribution in [0, 0.1) is 39.7 Å². The second kappa shape index (κ2) is 9.73. The molecule has 0 bridgehead atoms. The molecule has 1 atom stereocenters. The van der Waals surface area contributed by atoms with Crippen LogP contribution >= 0.6 is 23.1 Å². The molecule has 3 aromatic rings. The van der Waals surface area contributed by atoms with Gasteiger partial charge >= 0.3 is 0 Å². The van der Waals surface area contributed by atoms with Crippen molar-refractivity contribution in [1.82, 2.24) is 0 Å². The van der Waals surface area contributed by atoms with E-state index in [-0.39, 0.29) is 16.0 Å². The smallest absolute Gasteiger partial charge is 0.258 e. The number of rotatable bonds is 5. The lowest BCUT2D eigenvalue weighted by atomic mass is 9.72. The predicted molar refractivity (Wildman–Crippen MR) is 140 cm³/mol. The van der Waals surface area contributed by atoms with Gasteiger partial charge in [-0.1, -0.05) is 56.3 Å². The third-order valence-corrected chi connectivity index (χ3v) is 8.58. The maximum atomic E-state index is 11.7. The predicted octanol–water partition coefficient (Wildman–Crippen LogP) is 7.89. The number of nitrogens with zero attached hydrogens (tertiary/aromatic N) is 3. The topological polar surface area (TPSA) is 79.3 Å². The van der Waals surface area contributed by atoms with Crippen LogP contribution in [0.1, 0.15) is 54.3 Å². The fraction of sp³-hybridized carbons (Fsp3) is 0.333. The molecule has 4 rings (SSSR count). The van der Waals surface area contributed by atoms with Crippen LogP contribution in [0.15, 0.2) is 57.2 Å². The lowest BCUT2D eigenvalue weighted by Gasteiger charge is -2.33. The summed E-state index contributed by atoms with van der Waals surface area (Å²) in [5.41, 5.74) is 3.86. The Kier molecular flexibility index (Phi) is 6.92. The number of nitro benzene ring substituents is 1. The number of aliphatic imine (C=N–C) groups is 1. The zero-order chi connectivity index (χ0) is 24.5. The number of hydrogen-bond donors (Lipinski definition) is 0. The first-order valence-electron chi connectivity index (χ1n) is 11.3. The van der Waals surface area contributed by atoms with Crippen LogP contribution < -0.4 is 0 Å². The molecule has 1 unspecified atom stereocenters. The van der Waals surface area contributed by atoms with Gasteiger partial charge in [-0.2, -0.15) is 5.26 Å². The van der Waals surface area contributed by atoms with E-state index in [1.807, 2.05) is 37.3 Å². The Morgan fingerprint density at radius 2 is 1.97 bits per heavy atom. The molecule has 0 saturated carbocycles. The van der Waals surface area contributed by atoms with Gasteiger partial charge in [-0.15, -0.1) is 11.3 Å². The van der Waals surface area contributed by atoms with Crippen LogP contribution in [0.3, 0.4) is 0 Å². The van der Waals surface area contributed by atoms with E-state index in [9.17, 15) is 15.4 Å². The van der Waals surface area contributed by atoms with Crippen molar-refractivity contribution in [2.75, 3.05) is 0 Å². The van der Waals surface area contributed by atoms with Gasteiger partial charge in [0.1, 0.15) is 11.1 Å². The summed E-state index contributed by atoms with van der Waals surface area (Å²) in [6, 6.07) is 15.4. The number of fused-ring (bicyclic) bond motifs is 1. The Balaban J connectivity index is 1.60. The molecule has 5 nitrogen and oxygen atoms in total. The van der Waals surface area contributed by atoms with Crippen LogP contribution in [0.4, 0.5) is 10.7 Å². The van der Waals surface area contributed by atoms with Crippen LogP contribution in [0.25, 0.3) is 0 Å². The molecule has 1 heterocycles. The average molecular weight is 490 g/mol. The monoisotopic (exact) mass is 489 g/mol. The van der Waals surface area contributed by atoms with Gasteiger partial charge < -0.3 is 0 Å². The zero-order valence-electron chi connectivity index (χ0n) is 19.8. The van der Waals surface area contributed by atoms with E-state index in [0.29, 0.717) is 26.9 Å². The molecule has 1 aliphatic carbocycles. The number of nitro groups is 1. The summed E-state index contributed by atoms with van der Waals surface area (Å²) < 4.78 is 0. The molecule has 0 N–H and O–H groups in total. The van der Waals surface area contributed by atoms with Crippen LogP contribution in [-0.2, 0) is 12.8 Å². The Hall–Kier alpha value is -2.95. The lowest BCUT2D eigenvalue weighted by molar-refractivity contribution is -0.387. The average Bonchev–Trinajstić information content (AvgIpc) is 3.15. The summed E-state index contributed by atoms with van der Waals surface area (Å²) in [5.74, 6) is 0.586. The van der Waals surface area contributed by atoms with Crippen LogP contribution in [0.5, 0.6) is 0 Å². The van der Waals surface area contributed by atoms with E-state index in [4.69, 9.17) is 0 Å². The minimum absolute atomic E-state index is 0.0496. The second-order valence-electron chi connectivity index (χ2n) is 9.76. The quantitative estimate of drug-likeness (QED) is 0.207. The van der Waals surface area contributed by atoms with Crippen molar-refractivity contribution < 1.29 is 4.92 Å². The maximum absolute atomic E-state index is 11.7. The minimum Gasteiger partial charge on any atom is -0.258 e. The second-order valence-corrected chi connectivity index (χ2v) is 12.0. The Bertz CT molecular complexity index is 1300. The zero-order valence-corrected chi connectivity index (χ0v) is 21.4. The molecule has 0 aliphatic heterocycles. The molecule has 174 valence electrons. The summed E-state index contributed by atoms with van der Waals surface area (Å²) in [4.78, 5) is 18.8. The van der Waals surface area contributed by atoms with Gasteiger partial charge in [-0.25, -0.2) is 4.99 Å². The first-order chi connectivity index (χ1) is 16.2. The summed E-state index contributed by atoms with van der Waals surface area (Å²) >= 11 is 2.96. The van der Waals surface area contributed by atoms with Gasteiger partial charge in [0.15, 0.2) is 0 Å². The van der Waals surface area contributed by atoms with Crippen LogP contribution in [-0.4, -0.2) is 11.1 Å². The molecular formula is C27H27N3O2S2. The highest BCUT2D eigenvalue weighted by Crippen LogP contribution is 2.45. The van der Waals surface area contributed by atoms with E-state index in [1.165, 1.54) is 16.6 Å². The lowest BCUT2D eigenvalue weighted by Crippen LogP contribution is -2.26. The van der Waals surface area contributed by atoms with Gasteiger partial charge in [0, 0.05) is 22.1 Å². The van der Waals surface area contributed by atoms with E-state index in [1.54, 1.807) is 29.7 Å². The van der Waals surface area contributed by atoms with E-state index in [0.717, 1.165) is 35.3 Å². The highest BCUT2D eigenvalue weighted by Gasteiger charge is 2.32. The van der Waals surface area contributed by atoms with Crippen molar-refractivity contribution in [1.29, 1.82) is 5.26 Å². The van der Waals surface area contributed by atoms with E-state index >= 15 is 0 Å². The van der Waals surface area contributed by atoms with Crippen molar-refractivity contribution in [2.45, 2.75) is 56.7 Å². The normalized spacial score (nSPS) is 15.8. The third kappa shape index (κ3) is 5.24. The largest absolute Gasteiger partial charge is 0.283 e. The number of thiophene rings is 1. The number of nitriles is 1. The molecule has 0 amide bonds. The van der Waals surface area contributed by atoms with Gasteiger partial charge in [0.2, 0.25) is 0 Å². The molecule has 1 aliphatic rings. The fourth-order valence-electron chi connectivity index (χ4n) is 4.23. The Labute approximate surface area is 208 Å². The summed E-state index contributed by atoms with van der Waals surface area (Å²) in [6.45, 7) is 8.83. The Morgan fingerprint density at radius 3 is 2.62 bits per heavy atom. The van der Waals surface area contributed by atoms with Crippen molar-refractivity contribution in [3.8, 4) is 6.07 Å². The van der Waals surface area contributed by atoms with Crippen molar-refractivity contribution in [3.05, 3.63) is 79.7 Å². The molecule has 0 fully saturated rings. The Morgan fingerprint density at radius 1 is 1.24 bits per heavy atom. The van der Waals surface area contributed by atoms with E-state index in [2.05, 4.69) is 31.8 Å². The number of benzene rings is 2. The van der Waals surface area contributed by atoms with Crippen molar-refractivity contribution >= 4 is 40.0 Å². The molecule has 0 saturated heterocycles. The van der Waals surface area contributed by atoms with E-state index < -0.39 is 0 Å². The van der Waals surface area contributed by atoms with Gasteiger partial charge in [-0.05, 0) is 66.8 Å². The standard InChI is InChI=1S/C27H27N3O2S2/c1-17-5-9-20(10-6-17)33-24-12-7-18(13-23(24)30(31)32)16-29-26-22(15-28)21-11-8-19(27(2,3)4)14-25(21)34-26/h5-7,9-10,12-13,16,19H,8,11,14H2,1-4H3/b29-16+. The highest BCUT2D eigenvalue weighted by atomic mass is 32.2. The summed E-state index contributed by atoms with van der Waals surface area (Å²) in [6.07, 6.45) is 4.59. The molecule has 0 radical (unpaired) electrons. The summed E-state index contributed by atoms with van der Waals surface area (Å²) in [5, 5.41) is 22.2. The molecule has 2 aromatic carbocycles. The summed E-state index contributed by atoms with van der Waals surface area (Å²) in [7, 11) is 0. The molecular weight excluding hydrogens is 462 g/mol. The van der Waals surface area contributed by atoms with Gasteiger partial charge in [0.05, 0.1) is 15.4 Å². The number of aryl methyl sites for hydroxylation is 1. The molecule has 0 spiro atoms. The fourth-order valence-corrected chi connectivity index (χ4v) is 6.35. The van der Waals surface area contributed by atoms with Crippen molar-refractivity contribution in [3.63, 3.8) is 0 Å². The van der Waals surface area contributed by atoms with Gasteiger partial charge in [-0.3, -0.25) is 10.1 Å². The highest BCUT2D eigenvalue weighted by molar-refractivity contribution is 7.99. The number of hydrogen-bond acceptors (Lipinski definition) is 6. The first kappa shape index (κ1) is 24.2. The van der Waals surface area contributed by atoms with Crippen LogP contribution in [0.2, 0.25) is 0 Å².